The average molecular weight is 601 g/mol. The van der Waals surface area contributed by atoms with Gasteiger partial charge in [0.2, 0.25) is 0 Å². The maximum absolute atomic E-state index is 14.6. The maximum Gasteiger partial charge on any atom is 0.430 e. The number of halogens is 7. The number of alkyl halides is 6. The van der Waals surface area contributed by atoms with Crippen molar-refractivity contribution < 1.29 is 58.6 Å². The summed E-state index contributed by atoms with van der Waals surface area (Å²) in [5.74, 6) is -3.19. The van der Waals surface area contributed by atoms with E-state index in [1.165, 1.54) is 18.2 Å². The van der Waals surface area contributed by atoms with Crippen molar-refractivity contribution in [2.45, 2.75) is 61.8 Å². The van der Waals surface area contributed by atoms with Gasteiger partial charge in [0.15, 0.2) is 9.84 Å². The number of nitrogens with zero attached hydrogens (tertiary/aromatic N) is 1. The molecule has 220 valence electrons. The van der Waals surface area contributed by atoms with Gasteiger partial charge in [-0.25, -0.2) is 17.6 Å². The van der Waals surface area contributed by atoms with E-state index < -0.39 is 68.5 Å². The van der Waals surface area contributed by atoms with Gasteiger partial charge in [-0.2, -0.15) is 26.3 Å². The number of benzene rings is 2. The van der Waals surface area contributed by atoms with Crippen LogP contribution in [0.3, 0.4) is 0 Å². The van der Waals surface area contributed by atoms with Crippen LogP contribution in [0, 0.1) is 5.82 Å². The number of sulfone groups is 1. The monoisotopic (exact) mass is 600 g/mol. The van der Waals surface area contributed by atoms with Crippen molar-refractivity contribution in [2.24, 2.45) is 0 Å². The van der Waals surface area contributed by atoms with E-state index in [1.54, 1.807) is 20.8 Å². The number of hydrogen-bond donors (Lipinski definition) is 2. The number of ether oxygens (including phenoxy) is 1. The molecule has 0 radical (unpaired) electrons. The molecule has 16 heteroatoms. The van der Waals surface area contributed by atoms with Crippen LogP contribution < -0.4 is 5.32 Å². The topological polar surface area (TPSA) is 113 Å². The lowest BCUT2D eigenvalue weighted by atomic mass is 9.91. The third-order valence-corrected chi connectivity index (χ3v) is 6.92. The number of carbonyl (C=O) groups excluding carboxylic acids is 2. The van der Waals surface area contributed by atoms with Crippen molar-refractivity contribution in [1.82, 2.24) is 4.90 Å². The molecule has 0 saturated heterocycles. The number of amides is 2. The molecule has 0 bridgehead atoms. The fourth-order valence-corrected chi connectivity index (χ4v) is 4.67. The summed E-state index contributed by atoms with van der Waals surface area (Å²) in [6.45, 7) is 4.33. The van der Waals surface area contributed by atoms with Gasteiger partial charge in [-0.05, 0) is 56.2 Å². The Morgan fingerprint density at radius 1 is 1.00 bits per heavy atom. The summed E-state index contributed by atoms with van der Waals surface area (Å²) < 4.78 is 123. The summed E-state index contributed by atoms with van der Waals surface area (Å²) in [5, 5.41) is 11.6. The van der Waals surface area contributed by atoms with Crippen molar-refractivity contribution in [2.75, 3.05) is 11.6 Å². The molecule has 0 aliphatic carbocycles. The van der Waals surface area contributed by atoms with Gasteiger partial charge >= 0.3 is 18.4 Å². The van der Waals surface area contributed by atoms with E-state index in [1.807, 2.05) is 0 Å². The van der Waals surface area contributed by atoms with Gasteiger partial charge in [-0.1, -0.05) is 12.1 Å². The first kappa shape index (κ1) is 31.1. The highest BCUT2D eigenvalue weighted by atomic mass is 32.2. The number of anilines is 1. The van der Waals surface area contributed by atoms with Crippen LogP contribution >= 0.6 is 0 Å². The largest absolute Gasteiger partial charge is 0.444 e. The van der Waals surface area contributed by atoms with Gasteiger partial charge in [-0.15, -0.1) is 0 Å². The molecule has 0 saturated carbocycles. The number of fused-ring (bicyclic) bond motifs is 1. The fourth-order valence-electron chi connectivity index (χ4n) is 4.00. The molecule has 8 nitrogen and oxygen atoms in total. The van der Waals surface area contributed by atoms with Crippen LogP contribution in [0.1, 0.15) is 43.5 Å². The molecule has 2 aromatic carbocycles. The van der Waals surface area contributed by atoms with Crippen molar-refractivity contribution in [3.8, 4) is 0 Å². The van der Waals surface area contributed by atoms with E-state index >= 15 is 0 Å². The van der Waals surface area contributed by atoms with Gasteiger partial charge in [-0.3, -0.25) is 9.69 Å². The Morgan fingerprint density at radius 3 is 2.05 bits per heavy atom. The predicted octanol–water partition coefficient (Wildman–Crippen LogP) is 4.97. The molecule has 1 unspecified atom stereocenters. The summed E-state index contributed by atoms with van der Waals surface area (Å²) >= 11 is 0. The fraction of sp³-hybridized carbons (Fsp3) is 0.417. The van der Waals surface area contributed by atoms with E-state index in [9.17, 15) is 53.8 Å². The zero-order chi connectivity index (χ0) is 30.6. The van der Waals surface area contributed by atoms with Crippen molar-refractivity contribution >= 4 is 27.5 Å². The van der Waals surface area contributed by atoms with E-state index in [4.69, 9.17) is 4.74 Å². The van der Waals surface area contributed by atoms with E-state index in [2.05, 4.69) is 5.32 Å². The second kappa shape index (κ2) is 9.90. The van der Waals surface area contributed by atoms with Gasteiger partial charge in [0.05, 0.1) is 11.4 Å². The van der Waals surface area contributed by atoms with Crippen LogP contribution in [-0.2, 0) is 31.5 Å². The predicted molar refractivity (Wildman–Crippen MR) is 125 cm³/mol. The highest BCUT2D eigenvalue weighted by Crippen LogP contribution is 2.51. The smallest absolute Gasteiger partial charge is 0.430 e. The molecule has 3 rings (SSSR count). The van der Waals surface area contributed by atoms with E-state index in [0.717, 1.165) is 11.2 Å². The van der Waals surface area contributed by atoms with Gasteiger partial charge in [0.25, 0.3) is 11.5 Å². The minimum absolute atomic E-state index is 0.0263. The molecule has 1 atom stereocenters. The number of nitrogens with one attached hydrogen (secondary N) is 1. The molecular formula is C24H23F7N2O6S. The first-order chi connectivity index (χ1) is 18.0. The maximum atomic E-state index is 14.6. The lowest BCUT2D eigenvalue weighted by Gasteiger charge is -2.33. The number of rotatable bonds is 4. The van der Waals surface area contributed by atoms with Gasteiger partial charge in [0.1, 0.15) is 17.5 Å². The normalized spacial score (nSPS) is 16.5. The van der Waals surface area contributed by atoms with Crippen molar-refractivity contribution in [3.63, 3.8) is 0 Å². The van der Waals surface area contributed by atoms with Gasteiger partial charge in [0, 0.05) is 17.5 Å². The first-order valence-corrected chi connectivity index (χ1v) is 13.2. The molecule has 2 amide bonds. The molecule has 2 N–H and O–H groups in total. The molecule has 1 aliphatic heterocycles. The number of carbonyl (C=O) groups is 2. The highest BCUT2D eigenvalue weighted by molar-refractivity contribution is 7.90. The zero-order valence-electron chi connectivity index (χ0n) is 21.2. The Kier molecular flexibility index (Phi) is 7.71. The van der Waals surface area contributed by atoms with Crippen LogP contribution in [0.25, 0.3) is 0 Å². The Hall–Kier alpha value is -3.40. The van der Waals surface area contributed by atoms with Crippen LogP contribution in [-0.4, -0.2) is 54.6 Å². The Balaban J connectivity index is 2.01. The lowest BCUT2D eigenvalue weighted by molar-refractivity contribution is -0.377. The quantitative estimate of drug-likeness (QED) is 0.480. The Bertz CT molecular complexity index is 1440. The Labute approximate surface area is 223 Å². The zero-order valence-corrected chi connectivity index (χ0v) is 22.1. The van der Waals surface area contributed by atoms with E-state index in [-0.39, 0.29) is 34.7 Å². The summed E-state index contributed by atoms with van der Waals surface area (Å²) in [5.41, 5.74) is -8.88. The molecule has 0 aromatic heterocycles. The van der Waals surface area contributed by atoms with Gasteiger partial charge < -0.3 is 15.2 Å². The summed E-state index contributed by atoms with van der Waals surface area (Å²) in [7, 11) is -3.68. The minimum Gasteiger partial charge on any atom is -0.444 e. The SMILES string of the molecule is CC(C)(C)OC(=O)N1Cc2cc(S(C)(=O)=O)ccc2C1C(=O)Nc1ccc(C(O)(C(F)(F)F)C(F)(F)F)c(F)c1. The van der Waals surface area contributed by atoms with Crippen LogP contribution in [0.4, 0.5) is 41.2 Å². The van der Waals surface area contributed by atoms with E-state index in [0.29, 0.717) is 6.07 Å². The summed E-state index contributed by atoms with van der Waals surface area (Å²) in [4.78, 5) is 26.9. The third-order valence-electron chi connectivity index (χ3n) is 5.81. The third kappa shape index (κ3) is 5.87. The van der Waals surface area contributed by atoms with Crippen LogP contribution in [0.15, 0.2) is 41.3 Å². The van der Waals surface area contributed by atoms with Crippen molar-refractivity contribution in [1.29, 1.82) is 0 Å². The molecule has 1 heterocycles. The average Bonchev–Trinajstić information content (AvgIpc) is 3.14. The number of hydrogen-bond acceptors (Lipinski definition) is 6. The van der Waals surface area contributed by atoms with Crippen molar-refractivity contribution in [3.05, 3.63) is 58.9 Å². The lowest BCUT2D eigenvalue weighted by Crippen LogP contribution is -2.54. The first-order valence-electron chi connectivity index (χ1n) is 11.3. The van der Waals surface area contributed by atoms with Crippen LogP contribution in [0.2, 0.25) is 0 Å². The number of aliphatic hydroxyl groups is 1. The van der Waals surface area contributed by atoms with Crippen LogP contribution in [0.5, 0.6) is 0 Å². The molecule has 2 aromatic rings. The molecular weight excluding hydrogens is 577 g/mol. The second-order valence-corrected chi connectivity index (χ2v) is 12.0. The standard InChI is InChI=1S/C24H23F7N2O6S/c1-21(2,3)39-20(35)33-11-12-9-14(40(4,37)38)6-7-15(12)18(33)19(34)32-13-5-8-16(17(25)10-13)22(36,23(26,27)28)24(29,30)31/h5-10,18,36H,11H2,1-4H3,(H,32,34). The molecule has 0 spiro atoms. The molecule has 1 aliphatic rings. The minimum atomic E-state index is -6.33. The molecule has 40 heavy (non-hydrogen) atoms. The Morgan fingerprint density at radius 2 is 1.57 bits per heavy atom. The summed E-state index contributed by atoms with van der Waals surface area (Å²) in [6, 6.07) is 2.86. The summed E-state index contributed by atoms with van der Waals surface area (Å²) in [6.07, 6.45) is -12.7. The second-order valence-electron chi connectivity index (χ2n) is 10.0. The molecule has 0 fully saturated rings. The highest BCUT2D eigenvalue weighted by Gasteiger charge is 2.72.